The highest BCUT2D eigenvalue weighted by Gasteiger charge is 2.26. The Morgan fingerprint density at radius 1 is 0.165 bits per heavy atom. The molecule has 0 saturated carbocycles. The summed E-state index contributed by atoms with van der Waals surface area (Å²) in [6.07, 6.45) is 0. The standard InChI is InChI=1S/C78H58N6O/c1-9-28-59(29-10-1)79(60-30-11-2-12-31-60)71-51-73-55-75(53-71)83(65-40-21-7-22-41-65)69-46-26-48-77(57-69)85-78-49-27-47-70(58-78)84(66-42-23-8-24-43-66)76-54-72(80(61-32-13-3-14-33-61)62-34-15-4-16-35-62)52-74(56-76)82(64-38-19-6-20-39-64)68-45-25-44-67(50-68)81(73)63-36-17-5-18-37-63/h1-58H. The van der Waals surface area contributed by atoms with Crippen LogP contribution < -0.4 is 34.1 Å². The number of nitrogens with zero attached hydrogens (tertiary/aromatic N) is 6. The molecule has 7 heteroatoms. The van der Waals surface area contributed by atoms with E-state index in [-0.39, 0.29) is 0 Å². The van der Waals surface area contributed by atoms with Gasteiger partial charge in [0.15, 0.2) is 0 Å². The van der Waals surface area contributed by atoms with Crippen molar-refractivity contribution in [3.63, 3.8) is 0 Å². The van der Waals surface area contributed by atoms with E-state index >= 15 is 0 Å². The fourth-order valence-corrected chi connectivity index (χ4v) is 11.5. The first-order chi connectivity index (χ1) is 42.1. The van der Waals surface area contributed by atoms with Crippen LogP contribution >= 0.6 is 0 Å². The summed E-state index contributed by atoms with van der Waals surface area (Å²) in [7, 11) is 0. The fraction of sp³-hybridized carbons (Fsp3) is 0. The Kier molecular flexibility index (Phi) is 14.3. The number of ether oxygens (including phenoxy) is 1. The summed E-state index contributed by atoms with van der Waals surface area (Å²) in [6.45, 7) is 0. The highest BCUT2D eigenvalue weighted by molar-refractivity contribution is 5.93. The van der Waals surface area contributed by atoms with Crippen LogP contribution in [0.2, 0.25) is 0 Å². The van der Waals surface area contributed by atoms with Gasteiger partial charge in [0, 0.05) is 80.4 Å². The zero-order valence-electron chi connectivity index (χ0n) is 46.6. The molecule has 1 aliphatic heterocycles. The van der Waals surface area contributed by atoms with E-state index in [9.17, 15) is 0 Å². The quantitative estimate of drug-likeness (QED) is 0.135. The van der Waals surface area contributed by atoms with Gasteiger partial charge in [0.05, 0.1) is 34.1 Å². The normalized spacial score (nSPS) is 12.0. The van der Waals surface area contributed by atoms with Gasteiger partial charge in [0.25, 0.3) is 0 Å². The Hall–Kier alpha value is -11.5. The lowest BCUT2D eigenvalue weighted by Crippen LogP contribution is -2.17. The van der Waals surface area contributed by atoms with Crippen LogP contribution in [-0.2, 0) is 0 Å². The lowest BCUT2D eigenvalue weighted by Gasteiger charge is -2.34. The molecule has 14 rings (SSSR count). The topological polar surface area (TPSA) is 28.7 Å². The van der Waals surface area contributed by atoms with Crippen molar-refractivity contribution in [2.45, 2.75) is 0 Å². The van der Waals surface area contributed by atoms with Gasteiger partial charge >= 0.3 is 0 Å². The number of fused-ring (bicyclic) bond motifs is 10. The van der Waals surface area contributed by atoms with Crippen molar-refractivity contribution in [1.29, 1.82) is 0 Å². The Morgan fingerprint density at radius 3 is 0.647 bits per heavy atom. The highest BCUT2D eigenvalue weighted by atomic mass is 16.5. The van der Waals surface area contributed by atoms with Crippen molar-refractivity contribution < 1.29 is 4.74 Å². The highest BCUT2D eigenvalue weighted by Crippen LogP contribution is 2.50. The molecule has 1 heterocycles. The van der Waals surface area contributed by atoms with Crippen molar-refractivity contribution in [3.8, 4) is 11.5 Å². The van der Waals surface area contributed by atoms with Gasteiger partial charge in [-0.25, -0.2) is 0 Å². The van der Waals surface area contributed by atoms with Gasteiger partial charge < -0.3 is 34.1 Å². The molecular weight excluding hydrogens is 1040 g/mol. The molecule has 0 spiro atoms. The summed E-state index contributed by atoms with van der Waals surface area (Å²) >= 11 is 0. The maximum Gasteiger partial charge on any atom is 0.129 e. The van der Waals surface area contributed by atoms with Crippen LogP contribution in [0.1, 0.15) is 0 Å². The monoisotopic (exact) mass is 1090 g/mol. The number of hydrogen-bond donors (Lipinski definition) is 0. The largest absolute Gasteiger partial charge is 0.457 e. The van der Waals surface area contributed by atoms with Gasteiger partial charge in [-0.1, -0.05) is 164 Å². The molecular formula is C78H58N6O. The Balaban J connectivity index is 1.08. The van der Waals surface area contributed by atoms with Crippen molar-refractivity contribution in [1.82, 2.24) is 0 Å². The van der Waals surface area contributed by atoms with E-state index in [2.05, 4.69) is 369 Å². The fourth-order valence-electron chi connectivity index (χ4n) is 11.5. The molecule has 0 unspecified atom stereocenters. The zero-order chi connectivity index (χ0) is 56.7. The Morgan fingerprint density at radius 2 is 0.376 bits per heavy atom. The van der Waals surface area contributed by atoms with Crippen molar-refractivity contribution >= 4 is 102 Å². The molecule has 1 aliphatic rings. The second kappa shape index (κ2) is 23.5. The number of hydrogen-bond acceptors (Lipinski definition) is 7. The van der Waals surface area contributed by atoms with E-state index in [0.29, 0.717) is 11.5 Å². The van der Waals surface area contributed by atoms with E-state index in [4.69, 9.17) is 4.74 Å². The molecule has 406 valence electrons. The first-order valence-electron chi connectivity index (χ1n) is 28.6. The summed E-state index contributed by atoms with van der Waals surface area (Å²) in [5.74, 6) is 1.38. The number of benzene rings is 13. The SMILES string of the molecule is c1ccc(N(c2ccccc2)c2cc3cc(c2)N(c2ccccc2)c2cccc(c2)N(c2ccccc2)c2cc(N(c4ccccc4)c4ccccc4)cc(c2)N(c2ccccc2)c2cccc(c2)Oc2cccc(c2)N3c2ccccc2)cc1. The minimum Gasteiger partial charge on any atom is -0.457 e. The molecule has 13 aromatic carbocycles. The van der Waals surface area contributed by atoms with Crippen LogP contribution in [0, 0.1) is 0 Å². The van der Waals surface area contributed by atoms with Crippen LogP contribution in [0.5, 0.6) is 11.5 Å². The Labute approximate surface area is 497 Å². The number of rotatable bonds is 10. The lowest BCUT2D eigenvalue weighted by atomic mass is 10.1. The molecule has 13 aromatic rings. The molecule has 0 aliphatic carbocycles. The van der Waals surface area contributed by atoms with Crippen molar-refractivity contribution in [2.24, 2.45) is 0 Å². The summed E-state index contributed by atoms with van der Waals surface area (Å²) in [5.41, 5.74) is 17.6. The first kappa shape index (κ1) is 51.6. The third-order valence-electron chi connectivity index (χ3n) is 15.2. The van der Waals surface area contributed by atoms with Crippen molar-refractivity contribution in [2.75, 3.05) is 29.4 Å². The van der Waals surface area contributed by atoms with Crippen LogP contribution in [0.15, 0.2) is 352 Å². The van der Waals surface area contributed by atoms with E-state index in [0.717, 1.165) is 102 Å². The van der Waals surface area contributed by atoms with Gasteiger partial charge in [0.1, 0.15) is 11.5 Å². The number of para-hydroxylation sites is 8. The van der Waals surface area contributed by atoms with E-state index in [1.165, 1.54) is 0 Å². The minimum atomic E-state index is 0.690. The molecule has 7 nitrogen and oxygen atoms in total. The average molecular weight is 1100 g/mol. The lowest BCUT2D eigenvalue weighted by molar-refractivity contribution is 0.483. The number of anilines is 18. The Bertz CT molecular complexity index is 3990. The van der Waals surface area contributed by atoms with Crippen LogP contribution in [0.3, 0.4) is 0 Å². The van der Waals surface area contributed by atoms with Crippen LogP contribution in [-0.4, -0.2) is 0 Å². The van der Waals surface area contributed by atoms with Crippen LogP contribution in [0.25, 0.3) is 0 Å². The average Bonchev–Trinajstić information content (AvgIpc) is 2.57. The van der Waals surface area contributed by atoms with E-state index in [1.807, 2.05) is 12.1 Å². The summed E-state index contributed by atoms with van der Waals surface area (Å²) in [6, 6.07) is 125. The van der Waals surface area contributed by atoms with Crippen LogP contribution in [0.4, 0.5) is 102 Å². The molecule has 0 radical (unpaired) electrons. The molecule has 85 heavy (non-hydrogen) atoms. The molecule has 0 amide bonds. The van der Waals surface area contributed by atoms with Gasteiger partial charge in [-0.15, -0.1) is 0 Å². The second-order valence-corrected chi connectivity index (χ2v) is 20.7. The maximum absolute atomic E-state index is 7.07. The summed E-state index contributed by atoms with van der Waals surface area (Å²) in [4.78, 5) is 14.1. The summed E-state index contributed by atoms with van der Waals surface area (Å²) in [5, 5.41) is 0. The molecule has 0 saturated heterocycles. The van der Waals surface area contributed by atoms with Gasteiger partial charge in [-0.3, -0.25) is 0 Å². The van der Waals surface area contributed by atoms with Gasteiger partial charge in [0.2, 0.25) is 0 Å². The second-order valence-electron chi connectivity index (χ2n) is 20.7. The molecule has 0 fully saturated rings. The predicted molar refractivity (Wildman–Crippen MR) is 355 cm³/mol. The smallest absolute Gasteiger partial charge is 0.129 e. The van der Waals surface area contributed by atoms with E-state index in [1.54, 1.807) is 0 Å². The summed E-state index contributed by atoms with van der Waals surface area (Å²) < 4.78 is 7.07. The molecule has 10 bridgehead atoms. The third-order valence-corrected chi connectivity index (χ3v) is 15.2. The maximum atomic E-state index is 7.07. The van der Waals surface area contributed by atoms with Gasteiger partial charge in [-0.2, -0.15) is 0 Å². The molecule has 0 N–H and O–H groups in total. The predicted octanol–water partition coefficient (Wildman–Crippen LogP) is 22.6. The molecule has 0 atom stereocenters. The van der Waals surface area contributed by atoms with Crippen molar-refractivity contribution in [3.05, 3.63) is 352 Å². The minimum absolute atomic E-state index is 0.690. The zero-order valence-corrected chi connectivity index (χ0v) is 46.6. The van der Waals surface area contributed by atoms with E-state index < -0.39 is 0 Å². The molecule has 0 aromatic heterocycles. The first-order valence-corrected chi connectivity index (χ1v) is 28.6. The van der Waals surface area contributed by atoms with Gasteiger partial charge in [-0.05, 0) is 176 Å². The third kappa shape index (κ3) is 10.8.